The molecule has 1 aromatic heterocycles. The lowest BCUT2D eigenvalue weighted by molar-refractivity contribution is -0.286. The molecule has 1 atom stereocenters. The summed E-state index contributed by atoms with van der Waals surface area (Å²) >= 11 is 0. The summed E-state index contributed by atoms with van der Waals surface area (Å²) in [7, 11) is 0. The largest absolute Gasteiger partial charge is 0.586 e. The summed E-state index contributed by atoms with van der Waals surface area (Å²) in [6, 6.07) is -4.42. The molecule has 1 saturated carbocycles. The van der Waals surface area contributed by atoms with Crippen LogP contribution in [-0.4, -0.2) is 39.6 Å². The summed E-state index contributed by atoms with van der Waals surface area (Å²) in [6.45, 7) is 1.15. The maximum Gasteiger partial charge on any atom is 0.586 e. The first kappa shape index (κ1) is 17.5. The molecule has 2 N–H and O–H groups in total. The summed E-state index contributed by atoms with van der Waals surface area (Å²) < 4.78 is 122. The summed E-state index contributed by atoms with van der Waals surface area (Å²) in [5.74, 6) is -3.85. The average Bonchev–Trinajstić information content (AvgIpc) is 3.60. The lowest BCUT2D eigenvalue weighted by Crippen LogP contribution is -2.26. The quantitative estimate of drug-likeness (QED) is 0.412. The number of benzene rings is 2. The molecule has 0 radical (unpaired) electrons. The highest BCUT2D eigenvalue weighted by Crippen LogP contribution is 2.52. The van der Waals surface area contributed by atoms with Crippen LogP contribution >= 0.6 is 0 Å². The molecule has 2 heterocycles. The molecular weight excluding hydrogens is 487 g/mol. The van der Waals surface area contributed by atoms with Gasteiger partial charge in [0.15, 0.2) is 11.5 Å². The van der Waals surface area contributed by atoms with Crippen molar-refractivity contribution in [3.8, 4) is 11.5 Å². The number of halogens is 3. The summed E-state index contributed by atoms with van der Waals surface area (Å²) in [4.78, 5) is 13.8. The average molecular weight is 526 g/mol. The number of carbonyl (C=O) groups is 1. The second-order valence-corrected chi connectivity index (χ2v) is 9.90. The molecule has 0 saturated heterocycles. The van der Waals surface area contributed by atoms with Crippen molar-refractivity contribution in [2.45, 2.75) is 76.2 Å². The first-order chi connectivity index (χ1) is 20.7. The van der Waals surface area contributed by atoms with E-state index in [1.54, 1.807) is 20.8 Å². The van der Waals surface area contributed by atoms with Gasteiger partial charge in [0.2, 0.25) is 0 Å². The van der Waals surface area contributed by atoms with Crippen LogP contribution in [0.25, 0.3) is 10.9 Å². The number of nitrogens with zero attached hydrogens (tertiary/aromatic N) is 1. The van der Waals surface area contributed by atoms with Crippen LogP contribution in [0.4, 0.5) is 13.2 Å². The predicted molar refractivity (Wildman–Crippen MR) is 131 cm³/mol. The Balaban J connectivity index is 1.69. The monoisotopic (exact) mass is 525 g/mol. The van der Waals surface area contributed by atoms with Gasteiger partial charge in [0.05, 0.1) is 41.1 Å². The SMILES string of the molecule is [2H]c1c([2H])c(C2(C(=O)Cc3c(F)c([2H])c4c(c3[2H])c([2H])c(C(C)(C)CC)n4C([2H])([2H])[C@@H](O)CO)CC2)c([2H])c2c1OC(F)(F)O2. The zero-order valence-electron chi connectivity index (χ0n) is 28.3. The van der Waals surface area contributed by atoms with Crippen molar-refractivity contribution in [2.75, 3.05) is 6.61 Å². The minimum absolute atomic E-state index is 0.0121. The Kier molecular flexibility index (Phi) is 4.14. The maximum atomic E-state index is 16.0. The van der Waals surface area contributed by atoms with E-state index in [9.17, 15) is 23.8 Å². The fourth-order valence-electron chi connectivity index (χ4n) is 4.27. The number of fused-ring (bicyclic) bond motifs is 2. The van der Waals surface area contributed by atoms with Crippen molar-refractivity contribution in [2.24, 2.45) is 0 Å². The van der Waals surface area contributed by atoms with Gasteiger partial charge in [-0.25, -0.2) is 4.39 Å². The molecule has 37 heavy (non-hydrogen) atoms. The van der Waals surface area contributed by atoms with Crippen LogP contribution in [0.15, 0.2) is 36.3 Å². The van der Waals surface area contributed by atoms with Crippen molar-refractivity contribution in [1.82, 2.24) is 4.57 Å². The number of rotatable bonds is 9. The number of alkyl halides is 2. The van der Waals surface area contributed by atoms with Gasteiger partial charge in [0.25, 0.3) is 0 Å². The third-order valence-corrected chi connectivity index (χ3v) is 6.96. The standard InChI is InChI=1S/C28H30F3NO5/c1-4-26(2,3)24-10-17-9-16(20(29)13-21(17)32(24)14-19(34)15-33)11-25(35)27(7-8-27)18-5-6-22-23(12-18)37-28(30,31)36-22/h5-6,9-10,12-13,19,33-34H,4,7-8,11,14-15H2,1-3H3/t19-/m1/s1/i5D,6D,9D,10D,12D,13D,14D2. The molecule has 3 aromatic rings. The Morgan fingerprint density at radius 1 is 1.22 bits per heavy atom. The van der Waals surface area contributed by atoms with Crippen LogP contribution in [0.5, 0.6) is 11.5 Å². The van der Waals surface area contributed by atoms with Gasteiger partial charge in [0, 0.05) is 22.9 Å². The molecule has 0 amide bonds. The van der Waals surface area contributed by atoms with Crippen LogP contribution < -0.4 is 9.47 Å². The zero-order valence-corrected chi connectivity index (χ0v) is 20.3. The second-order valence-electron chi connectivity index (χ2n) is 9.90. The Hall–Kier alpha value is -3.04. The van der Waals surface area contributed by atoms with E-state index in [2.05, 4.69) is 9.47 Å². The second kappa shape index (κ2) is 8.77. The lowest BCUT2D eigenvalue weighted by Gasteiger charge is -2.26. The van der Waals surface area contributed by atoms with Crippen LogP contribution in [0, 0.1) is 5.82 Å². The maximum absolute atomic E-state index is 16.0. The molecule has 9 heteroatoms. The van der Waals surface area contributed by atoms with E-state index in [0.717, 1.165) is 4.57 Å². The van der Waals surface area contributed by atoms with Crippen molar-refractivity contribution >= 4 is 16.7 Å². The Morgan fingerprint density at radius 3 is 2.57 bits per heavy atom. The number of aliphatic hydroxyl groups excluding tert-OH is 2. The highest BCUT2D eigenvalue weighted by Gasteiger charge is 2.52. The van der Waals surface area contributed by atoms with Crippen LogP contribution in [0.1, 0.15) is 67.8 Å². The Bertz CT molecular complexity index is 1770. The minimum atomic E-state index is -4.19. The number of hydrogen-bond acceptors (Lipinski definition) is 5. The van der Waals surface area contributed by atoms with E-state index in [1.165, 1.54) is 0 Å². The number of carbonyl (C=O) groups excluding carboxylic acids is 1. The van der Waals surface area contributed by atoms with E-state index in [1.807, 2.05) is 0 Å². The molecule has 2 aromatic carbocycles. The van der Waals surface area contributed by atoms with Gasteiger partial charge in [-0.05, 0) is 60.6 Å². The molecule has 0 bridgehead atoms. The highest BCUT2D eigenvalue weighted by molar-refractivity contribution is 5.95. The third-order valence-electron chi connectivity index (χ3n) is 6.96. The summed E-state index contributed by atoms with van der Waals surface area (Å²) in [6.07, 6.45) is -6.76. The number of Topliss-reactive ketones (excluding diaryl/α,β-unsaturated/α-hetero) is 1. The normalized spacial score (nSPS) is 21.7. The smallest absolute Gasteiger partial charge is 0.395 e. The predicted octanol–water partition coefficient (Wildman–Crippen LogP) is 4.99. The molecule has 0 spiro atoms. The van der Waals surface area contributed by atoms with Crippen LogP contribution in [0.3, 0.4) is 0 Å². The Morgan fingerprint density at radius 2 is 1.92 bits per heavy atom. The fraction of sp³-hybridized carbons (Fsp3) is 0.464. The zero-order chi connectivity index (χ0) is 33.8. The van der Waals surface area contributed by atoms with Gasteiger partial charge in [0.1, 0.15) is 11.6 Å². The molecule has 6 nitrogen and oxygen atoms in total. The van der Waals surface area contributed by atoms with Crippen molar-refractivity contribution in [3.63, 3.8) is 0 Å². The van der Waals surface area contributed by atoms with Gasteiger partial charge >= 0.3 is 6.29 Å². The molecule has 1 fully saturated rings. The van der Waals surface area contributed by atoms with Crippen molar-refractivity contribution < 1.29 is 48.6 Å². The van der Waals surface area contributed by atoms with E-state index < -0.39 is 113 Å². The Labute approximate surface area is 223 Å². The van der Waals surface area contributed by atoms with Crippen molar-refractivity contribution in [3.05, 3.63) is 58.9 Å². The molecule has 0 unspecified atom stereocenters. The van der Waals surface area contributed by atoms with Gasteiger partial charge < -0.3 is 24.3 Å². The molecule has 1 aliphatic heterocycles. The van der Waals surface area contributed by atoms with Crippen LogP contribution in [0.2, 0.25) is 0 Å². The summed E-state index contributed by atoms with van der Waals surface area (Å²) in [5.41, 5.74) is -4.27. The van der Waals surface area contributed by atoms with E-state index >= 15 is 4.39 Å². The third kappa shape index (κ3) is 4.48. The first-order valence-electron chi connectivity index (χ1n) is 15.8. The first-order valence-corrected chi connectivity index (χ1v) is 11.8. The number of aromatic nitrogens is 1. The van der Waals surface area contributed by atoms with Gasteiger partial charge in [-0.1, -0.05) is 26.8 Å². The van der Waals surface area contributed by atoms with Crippen molar-refractivity contribution in [1.29, 1.82) is 0 Å². The fourth-order valence-corrected chi connectivity index (χ4v) is 4.27. The lowest BCUT2D eigenvalue weighted by atomic mass is 9.86. The van der Waals surface area contributed by atoms with Gasteiger partial charge in [-0.3, -0.25) is 4.79 Å². The summed E-state index contributed by atoms with van der Waals surface area (Å²) in [5, 5.41) is 19.6. The van der Waals surface area contributed by atoms with Gasteiger partial charge in [-0.2, -0.15) is 0 Å². The minimum Gasteiger partial charge on any atom is -0.395 e. The van der Waals surface area contributed by atoms with E-state index in [4.69, 9.17) is 11.0 Å². The molecular formula is C28H30F3NO5. The molecule has 1 aliphatic carbocycles. The van der Waals surface area contributed by atoms with Crippen LogP contribution in [-0.2, 0) is 28.5 Å². The number of aliphatic hydroxyl groups is 2. The topological polar surface area (TPSA) is 80.9 Å². The number of hydrogen-bond donors (Lipinski definition) is 2. The number of ketones is 1. The molecule has 198 valence electrons. The molecule has 2 aliphatic rings. The molecule has 5 rings (SSSR count). The van der Waals surface area contributed by atoms with Gasteiger partial charge in [-0.15, -0.1) is 8.78 Å². The van der Waals surface area contributed by atoms with E-state index in [-0.39, 0.29) is 29.5 Å². The highest BCUT2D eigenvalue weighted by atomic mass is 19.3. The number of ether oxygens (including phenoxy) is 2. The van der Waals surface area contributed by atoms with E-state index in [0.29, 0.717) is 6.42 Å².